The van der Waals surface area contributed by atoms with Crippen LogP contribution in [-0.2, 0) is 0 Å². The fourth-order valence-corrected chi connectivity index (χ4v) is 3.49. The summed E-state index contributed by atoms with van der Waals surface area (Å²) in [6.07, 6.45) is -2.87. The first-order valence-electron chi connectivity index (χ1n) is 8.51. The van der Waals surface area contributed by atoms with Crippen LogP contribution in [0.1, 0.15) is 10.6 Å². The van der Waals surface area contributed by atoms with Gasteiger partial charge in [-0.2, -0.15) is 13.2 Å². The summed E-state index contributed by atoms with van der Waals surface area (Å²) in [7, 11) is 0. The lowest BCUT2D eigenvalue weighted by molar-refractivity contribution is -0.105. The van der Waals surface area contributed by atoms with Crippen LogP contribution in [0, 0.1) is 0 Å². The van der Waals surface area contributed by atoms with Crippen LogP contribution in [0.2, 0.25) is 0 Å². The van der Waals surface area contributed by atoms with Crippen LogP contribution < -0.4 is 5.32 Å². The lowest BCUT2D eigenvalue weighted by atomic mass is 10.3. The number of thioether (sulfide) groups is 1. The van der Waals surface area contributed by atoms with Gasteiger partial charge in [0.25, 0.3) is 5.91 Å². The molecule has 150 valence electrons. The first kappa shape index (κ1) is 20.1. The number of alkyl halides is 3. The molecule has 0 radical (unpaired) electrons. The Morgan fingerprint density at radius 1 is 1.04 bits per heavy atom. The Labute approximate surface area is 163 Å². The van der Waals surface area contributed by atoms with E-state index in [9.17, 15) is 22.8 Å². The minimum atomic E-state index is -4.29. The van der Waals surface area contributed by atoms with Gasteiger partial charge in [0.05, 0.1) is 17.7 Å². The Bertz CT molecular complexity index is 819. The summed E-state index contributed by atoms with van der Waals surface area (Å²) in [5, 5.41) is 2.66. The molecule has 1 N–H and O–H groups in total. The normalized spacial score (nSPS) is 14.8. The first-order valence-corrected chi connectivity index (χ1v) is 9.49. The Kier molecular flexibility index (Phi) is 6.18. The van der Waals surface area contributed by atoms with Crippen molar-refractivity contribution >= 4 is 29.4 Å². The molecule has 0 aliphatic carbocycles. The van der Waals surface area contributed by atoms with Crippen molar-refractivity contribution in [2.45, 2.75) is 11.1 Å². The largest absolute Gasteiger partial charge is 0.459 e. The molecule has 1 aliphatic heterocycles. The molecular formula is C18H18F3N3O3S. The van der Waals surface area contributed by atoms with E-state index in [1.54, 1.807) is 35.2 Å². The Balaban J connectivity index is 1.56. The third kappa shape index (κ3) is 5.22. The minimum Gasteiger partial charge on any atom is -0.459 e. The van der Waals surface area contributed by atoms with Gasteiger partial charge in [0.2, 0.25) is 0 Å². The number of furan rings is 1. The molecule has 0 bridgehead atoms. The summed E-state index contributed by atoms with van der Waals surface area (Å²) in [4.78, 5) is 28.2. The van der Waals surface area contributed by atoms with Gasteiger partial charge in [-0.1, -0.05) is 12.1 Å². The smallest absolute Gasteiger partial charge is 0.398 e. The second-order valence-corrected chi connectivity index (χ2v) is 7.10. The molecule has 1 aromatic heterocycles. The van der Waals surface area contributed by atoms with E-state index in [4.69, 9.17) is 4.42 Å². The Morgan fingerprint density at radius 3 is 2.36 bits per heavy atom. The third-order valence-corrected chi connectivity index (χ3v) is 5.24. The summed E-state index contributed by atoms with van der Waals surface area (Å²) < 4.78 is 42.5. The van der Waals surface area contributed by atoms with Crippen LogP contribution in [0.3, 0.4) is 0 Å². The zero-order valence-electron chi connectivity index (χ0n) is 14.7. The summed E-state index contributed by atoms with van der Waals surface area (Å²) in [6, 6.07) is 9.16. The number of amides is 3. The molecule has 2 aromatic rings. The van der Waals surface area contributed by atoms with Gasteiger partial charge in [0.1, 0.15) is 0 Å². The molecule has 10 heteroatoms. The SMILES string of the molecule is O=C(Nc1ccccc1SCC(F)(F)F)N1CCN(C(=O)c2ccco2)CC1. The van der Waals surface area contributed by atoms with Gasteiger partial charge < -0.3 is 19.5 Å². The molecular weight excluding hydrogens is 395 g/mol. The highest BCUT2D eigenvalue weighted by Gasteiger charge is 2.29. The molecule has 0 spiro atoms. The zero-order valence-corrected chi connectivity index (χ0v) is 15.6. The Hall–Kier alpha value is -2.62. The molecule has 1 aliphatic rings. The molecule has 28 heavy (non-hydrogen) atoms. The van der Waals surface area contributed by atoms with Gasteiger partial charge in [-0.15, -0.1) is 11.8 Å². The second-order valence-electron chi connectivity index (χ2n) is 6.09. The van der Waals surface area contributed by atoms with E-state index < -0.39 is 18.0 Å². The molecule has 3 amide bonds. The standard InChI is InChI=1S/C18H18F3N3O3S/c19-18(20,21)12-28-15-6-2-1-4-13(15)22-17(26)24-9-7-23(8-10-24)16(25)14-5-3-11-27-14/h1-6,11H,7-10,12H2,(H,22,26). The molecule has 0 saturated carbocycles. The predicted octanol–water partition coefficient (Wildman–Crippen LogP) is 3.92. The van der Waals surface area contributed by atoms with Crippen LogP contribution in [0.15, 0.2) is 52.0 Å². The highest BCUT2D eigenvalue weighted by molar-refractivity contribution is 7.99. The molecule has 2 heterocycles. The van der Waals surface area contributed by atoms with Crippen molar-refractivity contribution in [3.63, 3.8) is 0 Å². The van der Waals surface area contributed by atoms with Gasteiger partial charge in [0, 0.05) is 31.1 Å². The van der Waals surface area contributed by atoms with Crippen LogP contribution in [0.25, 0.3) is 0 Å². The monoisotopic (exact) mass is 413 g/mol. The summed E-state index contributed by atoms with van der Waals surface area (Å²) in [6.45, 7) is 1.32. The van der Waals surface area contributed by atoms with E-state index in [2.05, 4.69) is 5.32 Å². The van der Waals surface area contributed by atoms with Gasteiger partial charge in [-0.25, -0.2) is 4.79 Å². The zero-order chi connectivity index (χ0) is 20.1. The van der Waals surface area contributed by atoms with E-state index >= 15 is 0 Å². The number of hydrogen-bond acceptors (Lipinski definition) is 4. The third-order valence-electron chi connectivity index (χ3n) is 4.11. The maximum atomic E-state index is 12.5. The number of nitrogens with one attached hydrogen (secondary N) is 1. The summed E-state index contributed by atoms with van der Waals surface area (Å²) >= 11 is 0.624. The number of urea groups is 1. The van der Waals surface area contributed by atoms with E-state index in [1.165, 1.54) is 17.2 Å². The van der Waals surface area contributed by atoms with E-state index in [1.807, 2.05) is 0 Å². The quantitative estimate of drug-likeness (QED) is 0.772. The van der Waals surface area contributed by atoms with Gasteiger partial charge in [-0.3, -0.25) is 4.79 Å². The highest BCUT2D eigenvalue weighted by Crippen LogP contribution is 2.32. The highest BCUT2D eigenvalue weighted by atomic mass is 32.2. The number of para-hydroxylation sites is 1. The lowest BCUT2D eigenvalue weighted by Gasteiger charge is -2.34. The molecule has 1 aromatic carbocycles. The van der Waals surface area contributed by atoms with E-state index in [0.717, 1.165) is 0 Å². The van der Waals surface area contributed by atoms with Crippen molar-refractivity contribution in [1.29, 1.82) is 0 Å². The van der Waals surface area contributed by atoms with Gasteiger partial charge in [-0.05, 0) is 24.3 Å². The van der Waals surface area contributed by atoms with Crippen LogP contribution in [0.5, 0.6) is 0 Å². The van der Waals surface area contributed by atoms with Crippen molar-refractivity contribution in [2.24, 2.45) is 0 Å². The molecule has 6 nitrogen and oxygen atoms in total. The number of nitrogens with zero attached hydrogens (tertiary/aromatic N) is 2. The van der Waals surface area contributed by atoms with Crippen molar-refractivity contribution < 1.29 is 27.2 Å². The molecule has 3 rings (SSSR count). The number of piperazine rings is 1. The van der Waals surface area contributed by atoms with E-state index in [-0.39, 0.29) is 11.7 Å². The summed E-state index contributed by atoms with van der Waals surface area (Å²) in [5.41, 5.74) is 0.329. The van der Waals surface area contributed by atoms with Gasteiger partial charge >= 0.3 is 12.2 Å². The fraction of sp³-hybridized carbons (Fsp3) is 0.333. The molecule has 1 saturated heterocycles. The first-order chi connectivity index (χ1) is 13.3. The number of rotatable bonds is 4. The van der Waals surface area contributed by atoms with Crippen molar-refractivity contribution in [2.75, 3.05) is 37.2 Å². The van der Waals surface area contributed by atoms with Crippen molar-refractivity contribution in [3.05, 3.63) is 48.4 Å². The minimum absolute atomic E-state index is 0.237. The molecule has 0 unspecified atom stereocenters. The van der Waals surface area contributed by atoms with Crippen LogP contribution >= 0.6 is 11.8 Å². The maximum absolute atomic E-state index is 12.5. The predicted molar refractivity (Wildman–Crippen MR) is 98.4 cm³/mol. The number of benzene rings is 1. The number of carbonyl (C=O) groups is 2. The van der Waals surface area contributed by atoms with Crippen LogP contribution in [-0.4, -0.2) is 59.8 Å². The fourth-order valence-electron chi connectivity index (χ4n) is 2.72. The number of halogens is 3. The number of carbonyl (C=O) groups excluding carboxylic acids is 2. The van der Waals surface area contributed by atoms with Gasteiger partial charge in [0.15, 0.2) is 5.76 Å². The molecule has 1 fully saturated rings. The van der Waals surface area contributed by atoms with E-state index in [0.29, 0.717) is 48.5 Å². The van der Waals surface area contributed by atoms with Crippen molar-refractivity contribution in [3.8, 4) is 0 Å². The number of hydrogen-bond donors (Lipinski definition) is 1. The topological polar surface area (TPSA) is 65.8 Å². The maximum Gasteiger partial charge on any atom is 0.398 e. The molecule has 0 atom stereocenters. The van der Waals surface area contributed by atoms with Crippen LogP contribution in [0.4, 0.5) is 23.7 Å². The average molecular weight is 413 g/mol. The second kappa shape index (κ2) is 8.59. The van der Waals surface area contributed by atoms with Crippen molar-refractivity contribution in [1.82, 2.24) is 9.80 Å². The average Bonchev–Trinajstić information content (AvgIpc) is 3.21. The Morgan fingerprint density at radius 2 is 1.71 bits per heavy atom. The lowest BCUT2D eigenvalue weighted by Crippen LogP contribution is -2.51. The summed E-state index contributed by atoms with van der Waals surface area (Å²) in [5.74, 6) is -1.03. The number of anilines is 1.